The van der Waals surface area contributed by atoms with E-state index in [2.05, 4.69) is 31.1 Å². The van der Waals surface area contributed by atoms with Crippen LogP contribution in [-0.4, -0.2) is 92.8 Å². The van der Waals surface area contributed by atoms with Crippen LogP contribution in [0.5, 0.6) is 0 Å². The van der Waals surface area contributed by atoms with Gasteiger partial charge >= 0.3 is 13.7 Å². The average molecular weight is 748 g/mol. The Morgan fingerprint density at radius 2 is 1.70 bits per heavy atom. The molecule has 0 aromatic carbocycles. The average Bonchev–Trinajstić information content (AvgIpc) is 3.66. The van der Waals surface area contributed by atoms with Gasteiger partial charge in [-0.1, -0.05) is 26.7 Å². The molecular formula is C30H47ClN7O11P. The lowest BCUT2D eigenvalue weighted by molar-refractivity contribution is -0.202. The summed E-state index contributed by atoms with van der Waals surface area (Å²) in [7, 11) is -4.25. The number of rotatable bonds is 15. The predicted molar refractivity (Wildman–Crippen MR) is 179 cm³/mol. The van der Waals surface area contributed by atoms with Gasteiger partial charge in [0.25, 0.3) is 5.91 Å². The number of hydrogen-bond acceptors (Lipinski definition) is 14. The molecule has 0 saturated carbocycles. The zero-order valence-electron chi connectivity index (χ0n) is 29.5. The highest BCUT2D eigenvalue weighted by Crippen LogP contribution is 2.54. The fraction of sp³-hybridized carbons (Fsp3) is 0.733. The van der Waals surface area contributed by atoms with Gasteiger partial charge in [-0.05, 0) is 59.1 Å². The molecular weight excluding hydrogens is 701 g/mol. The molecule has 1 unspecified atom stereocenters. The van der Waals surface area contributed by atoms with E-state index in [1.807, 2.05) is 13.8 Å². The van der Waals surface area contributed by atoms with Crippen LogP contribution in [0.15, 0.2) is 6.33 Å². The minimum atomic E-state index is -4.25. The molecule has 2 aliphatic rings. The van der Waals surface area contributed by atoms with Gasteiger partial charge in [0, 0.05) is 6.92 Å². The Morgan fingerprint density at radius 1 is 1.06 bits per heavy atom. The fourth-order valence-corrected chi connectivity index (χ4v) is 7.03. The molecule has 2 aliphatic heterocycles. The standard InChI is InChI=1S/C30H47ClN7O11P/c1-9-11-13-44-50(42,45-14-12-10-2)26(24(40)37-36-17(3)39)43-15-18-20-21(48-30(7,8)47-20)25(46-18)38-16-32-19-22(33-27(31)35-23(19)38)34-28(41)49-29(4,5)6/h16,18,20-21,25-26H,9-15H2,1-8H3,(H,36,39)(H,37,40)(H,33,34,35,41)/t18-,20-,21-,25-,26?/m1/s1. The molecule has 18 nitrogen and oxygen atoms in total. The van der Waals surface area contributed by atoms with Crippen molar-refractivity contribution in [3.8, 4) is 0 Å². The quantitative estimate of drug-likeness (QED) is 0.0985. The maximum absolute atomic E-state index is 14.2. The van der Waals surface area contributed by atoms with Crippen molar-refractivity contribution in [1.29, 1.82) is 0 Å². The summed E-state index contributed by atoms with van der Waals surface area (Å²) < 4.78 is 57.4. The molecule has 50 heavy (non-hydrogen) atoms. The van der Waals surface area contributed by atoms with Crippen LogP contribution in [0.1, 0.15) is 87.3 Å². The van der Waals surface area contributed by atoms with Crippen molar-refractivity contribution in [1.82, 2.24) is 30.4 Å². The molecule has 0 aliphatic carbocycles. The van der Waals surface area contributed by atoms with Crippen molar-refractivity contribution in [3.63, 3.8) is 0 Å². The van der Waals surface area contributed by atoms with E-state index in [0.717, 1.165) is 12.8 Å². The molecule has 2 saturated heterocycles. The Balaban J connectivity index is 1.63. The number of hydrazine groups is 1. The van der Waals surface area contributed by atoms with Gasteiger partial charge in [0.15, 0.2) is 29.0 Å². The lowest BCUT2D eigenvalue weighted by atomic mass is 10.1. The first-order valence-corrected chi connectivity index (χ1v) is 18.4. The third-order valence-corrected chi connectivity index (χ3v) is 9.45. The zero-order valence-corrected chi connectivity index (χ0v) is 31.2. The second-order valence-electron chi connectivity index (χ2n) is 13.2. The Kier molecular flexibility index (Phi) is 13.2. The number of amides is 3. The number of aromatic nitrogens is 4. The van der Waals surface area contributed by atoms with Gasteiger partial charge in [-0.25, -0.2) is 9.78 Å². The lowest BCUT2D eigenvalue weighted by Crippen LogP contribution is -2.47. The van der Waals surface area contributed by atoms with Crippen LogP contribution in [0.4, 0.5) is 10.6 Å². The molecule has 20 heteroatoms. The Hall–Kier alpha value is -2.96. The first-order valence-electron chi connectivity index (χ1n) is 16.4. The number of unbranched alkanes of at least 4 members (excludes halogenated alkanes) is 2. The maximum Gasteiger partial charge on any atom is 0.413 e. The minimum absolute atomic E-state index is 0.0151. The summed E-state index contributed by atoms with van der Waals surface area (Å²) in [5.74, 6) is -4.31. The zero-order chi connectivity index (χ0) is 36.9. The molecule has 2 aromatic rings. The van der Waals surface area contributed by atoms with Crippen LogP contribution in [0, 0.1) is 0 Å². The van der Waals surface area contributed by atoms with Crippen LogP contribution >= 0.6 is 19.2 Å². The number of fused-ring (bicyclic) bond motifs is 2. The third-order valence-electron chi connectivity index (χ3n) is 7.24. The smallest absolute Gasteiger partial charge is 0.413 e. The minimum Gasteiger partial charge on any atom is -0.444 e. The Bertz CT molecular complexity index is 1560. The number of carbonyl (C=O) groups excluding carboxylic acids is 3. The van der Waals surface area contributed by atoms with Gasteiger partial charge in [0.05, 0.1) is 26.1 Å². The van der Waals surface area contributed by atoms with Gasteiger partial charge < -0.3 is 32.7 Å². The number of ether oxygens (including phenoxy) is 5. The summed E-state index contributed by atoms with van der Waals surface area (Å²) in [6, 6.07) is 0. The first-order chi connectivity index (χ1) is 23.5. The third kappa shape index (κ3) is 10.1. The largest absolute Gasteiger partial charge is 0.444 e. The molecule has 2 fully saturated rings. The lowest BCUT2D eigenvalue weighted by Gasteiger charge is -2.28. The molecule has 4 rings (SSSR count). The summed E-state index contributed by atoms with van der Waals surface area (Å²) in [5.41, 5.74) is 4.05. The SMILES string of the molecule is CCCCOP(=O)(OCCCC)C(OC[C@H]1O[C@@H](n2cnc3c(NC(=O)OC(C)(C)C)nc(Cl)nc32)[C@@H]2OC(C)(C)O[C@@H]21)C(=O)NNC(C)=O. The summed E-state index contributed by atoms with van der Waals surface area (Å²) in [4.78, 5) is 50.3. The van der Waals surface area contributed by atoms with Gasteiger partial charge in [-0.2, -0.15) is 9.97 Å². The highest BCUT2D eigenvalue weighted by atomic mass is 35.5. The highest BCUT2D eigenvalue weighted by Gasteiger charge is 2.57. The van der Waals surface area contributed by atoms with Gasteiger partial charge in [-0.3, -0.25) is 34.9 Å². The summed E-state index contributed by atoms with van der Waals surface area (Å²) in [5, 5.41) is 2.38. The van der Waals surface area contributed by atoms with E-state index in [4.69, 9.17) is 44.3 Å². The van der Waals surface area contributed by atoms with E-state index in [1.165, 1.54) is 13.3 Å². The maximum atomic E-state index is 14.2. The first kappa shape index (κ1) is 39.8. The number of nitrogens with zero attached hydrogens (tertiary/aromatic N) is 4. The number of halogens is 1. The summed E-state index contributed by atoms with van der Waals surface area (Å²) in [6.45, 7) is 13.5. The topological polar surface area (TPSA) is 213 Å². The van der Waals surface area contributed by atoms with Crippen molar-refractivity contribution >= 4 is 54.1 Å². The summed E-state index contributed by atoms with van der Waals surface area (Å²) in [6.07, 6.45) is -0.0444. The Labute approximate surface area is 295 Å². The fourth-order valence-electron chi connectivity index (χ4n) is 5.13. The monoisotopic (exact) mass is 747 g/mol. The molecule has 4 heterocycles. The second-order valence-corrected chi connectivity index (χ2v) is 15.6. The normalized spacial score (nSPS) is 22.3. The second kappa shape index (κ2) is 16.6. The van der Waals surface area contributed by atoms with Crippen LogP contribution in [-0.2, 0) is 46.9 Å². The van der Waals surface area contributed by atoms with Crippen molar-refractivity contribution in [3.05, 3.63) is 11.6 Å². The van der Waals surface area contributed by atoms with Gasteiger partial charge in [0.2, 0.25) is 17.0 Å². The van der Waals surface area contributed by atoms with E-state index in [9.17, 15) is 18.9 Å². The molecule has 0 spiro atoms. The summed E-state index contributed by atoms with van der Waals surface area (Å²) >= 11 is 6.27. The van der Waals surface area contributed by atoms with Crippen LogP contribution in [0.2, 0.25) is 5.28 Å². The van der Waals surface area contributed by atoms with Gasteiger partial charge in [-0.15, -0.1) is 0 Å². The number of anilines is 1. The highest BCUT2D eigenvalue weighted by molar-refractivity contribution is 7.55. The van der Waals surface area contributed by atoms with E-state index in [-0.39, 0.29) is 42.1 Å². The number of carbonyl (C=O) groups is 3. The van der Waals surface area contributed by atoms with Crippen molar-refractivity contribution in [2.24, 2.45) is 0 Å². The molecule has 3 amide bonds. The van der Waals surface area contributed by atoms with Gasteiger partial charge in [0.1, 0.15) is 23.9 Å². The van der Waals surface area contributed by atoms with Crippen molar-refractivity contribution in [2.45, 2.75) is 123 Å². The van der Waals surface area contributed by atoms with E-state index in [0.29, 0.717) is 12.8 Å². The molecule has 2 aromatic heterocycles. The van der Waals surface area contributed by atoms with E-state index < -0.39 is 67.3 Å². The predicted octanol–water partition coefficient (Wildman–Crippen LogP) is 4.58. The molecule has 0 bridgehead atoms. The molecule has 280 valence electrons. The van der Waals surface area contributed by atoms with Crippen molar-refractivity contribution in [2.75, 3.05) is 25.1 Å². The van der Waals surface area contributed by atoms with Crippen LogP contribution in [0.25, 0.3) is 11.2 Å². The molecule has 5 atom stereocenters. The number of hydrogen-bond donors (Lipinski definition) is 3. The van der Waals surface area contributed by atoms with Crippen LogP contribution in [0.3, 0.4) is 0 Å². The van der Waals surface area contributed by atoms with Crippen molar-refractivity contribution < 1.29 is 51.7 Å². The molecule has 0 radical (unpaired) electrons. The van der Waals surface area contributed by atoms with Crippen LogP contribution < -0.4 is 16.2 Å². The Morgan fingerprint density at radius 3 is 2.30 bits per heavy atom. The number of imidazole rings is 1. The van der Waals surface area contributed by atoms with E-state index in [1.54, 1.807) is 39.2 Å². The molecule has 3 N–H and O–H groups in total. The number of nitrogens with one attached hydrogen (secondary N) is 3. The van der Waals surface area contributed by atoms with E-state index >= 15 is 0 Å².